The highest BCUT2D eigenvalue weighted by atomic mass is 16.5. The summed E-state index contributed by atoms with van der Waals surface area (Å²) < 4.78 is 6.73. The topological polar surface area (TPSA) is 64.9 Å². The molecule has 80 valence electrons. The number of hydrogen-bond donors (Lipinski definition) is 1. The maximum Gasteiger partial charge on any atom is 0.168 e. The van der Waals surface area contributed by atoms with Crippen LogP contribution in [0.4, 0.5) is 0 Å². The molecule has 0 aromatic carbocycles. The summed E-state index contributed by atoms with van der Waals surface area (Å²) in [5, 5.41) is 14.8. The van der Waals surface area contributed by atoms with Gasteiger partial charge in [0.25, 0.3) is 0 Å². The number of hydrogen-bond acceptors (Lipinski definition) is 5. The molecule has 6 nitrogen and oxygen atoms in total. The normalized spacial score (nSPS) is 13.1. The van der Waals surface area contributed by atoms with Gasteiger partial charge >= 0.3 is 0 Å². The number of ether oxygens (including phenoxy) is 1. The molecule has 1 rings (SSSR count). The van der Waals surface area contributed by atoms with Crippen molar-refractivity contribution in [1.29, 1.82) is 0 Å². The van der Waals surface area contributed by atoms with E-state index in [9.17, 15) is 0 Å². The first-order valence-corrected chi connectivity index (χ1v) is 4.78. The summed E-state index contributed by atoms with van der Waals surface area (Å²) in [6.07, 6.45) is 0. The molecule has 14 heavy (non-hydrogen) atoms. The van der Waals surface area contributed by atoms with Gasteiger partial charge in [0.2, 0.25) is 0 Å². The fourth-order valence-electron chi connectivity index (χ4n) is 1.26. The Kier molecular flexibility index (Phi) is 4.48. The molecule has 6 heteroatoms. The molecule has 0 aliphatic carbocycles. The maximum absolute atomic E-state index is 4.97. The van der Waals surface area contributed by atoms with Crippen LogP contribution in [0.1, 0.15) is 25.7 Å². The molecule has 0 amide bonds. The summed E-state index contributed by atoms with van der Waals surface area (Å²) in [7, 11) is 1.66. The molecule has 1 heterocycles. The van der Waals surface area contributed by atoms with Crippen LogP contribution < -0.4 is 5.32 Å². The predicted octanol–water partition coefficient (Wildman–Crippen LogP) is -0.0100. The van der Waals surface area contributed by atoms with Crippen molar-refractivity contribution in [1.82, 2.24) is 25.5 Å². The average molecular weight is 199 g/mol. The molecule has 1 aromatic rings. The minimum atomic E-state index is 0.173. The number of rotatable bonds is 6. The Morgan fingerprint density at radius 2 is 2.36 bits per heavy atom. The van der Waals surface area contributed by atoms with Crippen LogP contribution >= 0.6 is 0 Å². The van der Waals surface area contributed by atoms with E-state index in [-0.39, 0.29) is 6.04 Å². The fourth-order valence-corrected chi connectivity index (χ4v) is 1.26. The van der Waals surface area contributed by atoms with Crippen LogP contribution in [0.3, 0.4) is 0 Å². The third-order valence-electron chi connectivity index (χ3n) is 1.96. The smallest absolute Gasteiger partial charge is 0.168 e. The SMILES string of the molecule is CCNC(C)c1nnnn1CCOC. The Hall–Kier alpha value is -1.01. The molecule has 0 aliphatic rings. The highest BCUT2D eigenvalue weighted by molar-refractivity contribution is 4.89. The summed E-state index contributed by atoms with van der Waals surface area (Å²) in [5.74, 6) is 0.851. The predicted molar refractivity (Wildman–Crippen MR) is 51.8 cm³/mol. The van der Waals surface area contributed by atoms with E-state index in [1.54, 1.807) is 11.8 Å². The Balaban J connectivity index is 2.61. The highest BCUT2D eigenvalue weighted by Crippen LogP contribution is 2.06. The molecule has 0 radical (unpaired) electrons. The highest BCUT2D eigenvalue weighted by Gasteiger charge is 2.12. The standard InChI is InChI=1S/C8H17N5O/c1-4-9-7(2)8-10-11-12-13(8)5-6-14-3/h7,9H,4-6H2,1-3H3. The van der Waals surface area contributed by atoms with Crippen molar-refractivity contribution in [3.63, 3.8) is 0 Å². The zero-order chi connectivity index (χ0) is 10.4. The van der Waals surface area contributed by atoms with Crippen molar-refractivity contribution in [3.05, 3.63) is 5.82 Å². The lowest BCUT2D eigenvalue weighted by Gasteiger charge is -2.11. The fraction of sp³-hybridized carbons (Fsp3) is 0.875. The van der Waals surface area contributed by atoms with Gasteiger partial charge in [0.1, 0.15) is 0 Å². The first-order chi connectivity index (χ1) is 6.79. The van der Waals surface area contributed by atoms with E-state index in [0.29, 0.717) is 13.2 Å². The van der Waals surface area contributed by atoms with Gasteiger partial charge in [0, 0.05) is 7.11 Å². The second-order valence-electron chi connectivity index (χ2n) is 3.03. The van der Waals surface area contributed by atoms with Gasteiger partial charge in [-0.3, -0.25) is 0 Å². The van der Waals surface area contributed by atoms with Gasteiger partial charge in [0.15, 0.2) is 5.82 Å². The van der Waals surface area contributed by atoms with Crippen LogP contribution in [0.15, 0.2) is 0 Å². The van der Waals surface area contributed by atoms with Gasteiger partial charge in [-0.1, -0.05) is 6.92 Å². The quantitative estimate of drug-likeness (QED) is 0.698. The summed E-state index contributed by atoms with van der Waals surface area (Å²) in [5.41, 5.74) is 0. The minimum absolute atomic E-state index is 0.173. The van der Waals surface area contributed by atoms with E-state index in [1.807, 2.05) is 6.92 Å². The van der Waals surface area contributed by atoms with E-state index >= 15 is 0 Å². The molecule has 0 aliphatic heterocycles. The Labute approximate surface area is 83.6 Å². The van der Waals surface area contributed by atoms with Gasteiger partial charge in [-0.05, 0) is 23.9 Å². The zero-order valence-electron chi connectivity index (χ0n) is 8.90. The van der Waals surface area contributed by atoms with Gasteiger partial charge in [0.05, 0.1) is 19.2 Å². The second-order valence-corrected chi connectivity index (χ2v) is 3.03. The largest absolute Gasteiger partial charge is 0.383 e. The van der Waals surface area contributed by atoms with Crippen LogP contribution in [0.25, 0.3) is 0 Å². The molecule has 1 atom stereocenters. The maximum atomic E-state index is 4.97. The van der Waals surface area contributed by atoms with Crippen molar-refractivity contribution in [2.45, 2.75) is 26.4 Å². The summed E-state index contributed by atoms with van der Waals surface area (Å²) >= 11 is 0. The zero-order valence-corrected chi connectivity index (χ0v) is 8.90. The van der Waals surface area contributed by atoms with Crippen molar-refractivity contribution >= 4 is 0 Å². The minimum Gasteiger partial charge on any atom is -0.383 e. The molecule has 1 N–H and O–H groups in total. The third-order valence-corrected chi connectivity index (χ3v) is 1.96. The molecule has 0 spiro atoms. The Morgan fingerprint density at radius 3 is 3.00 bits per heavy atom. The monoisotopic (exact) mass is 199 g/mol. The van der Waals surface area contributed by atoms with E-state index < -0.39 is 0 Å². The number of nitrogens with one attached hydrogen (secondary N) is 1. The lowest BCUT2D eigenvalue weighted by atomic mass is 10.3. The molecule has 0 saturated heterocycles. The second kappa shape index (κ2) is 5.66. The van der Waals surface area contributed by atoms with Crippen molar-refractivity contribution in [2.24, 2.45) is 0 Å². The molecule has 0 bridgehead atoms. The summed E-state index contributed by atoms with van der Waals surface area (Å²) in [6, 6.07) is 0.173. The van der Waals surface area contributed by atoms with Crippen LogP contribution in [-0.4, -0.2) is 40.5 Å². The van der Waals surface area contributed by atoms with Crippen LogP contribution in [-0.2, 0) is 11.3 Å². The first-order valence-electron chi connectivity index (χ1n) is 4.78. The van der Waals surface area contributed by atoms with E-state index in [2.05, 4.69) is 27.8 Å². The molecular formula is C8H17N5O. The number of aromatic nitrogens is 4. The third kappa shape index (κ3) is 2.74. The van der Waals surface area contributed by atoms with Crippen LogP contribution in [0.2, 0.25) is 0 Å². The van der Waals surface area contributed by atoms with Crippen molar-refractivity contribution in [2.75, 3.05) is 20.3 Å². The van der Waals surface area contributed by atoms with Crippen LogP contribution in [0, 0.1) is 0 Å². The lowest BCUT2D eigenvalue weighted by molar-refractivity contribution is 0.181. The van der Waals surface area contributed by atoms with E-state index in [0.717, 1.165) is 12.4 Å². The average Bonchev–Trinajstić information content (AvgIpc) is 2.63. The van der Waals surface area contributed by atoms with Gasteiger partial charge in [-0.2, -0.15) is 0 Å². The Morgan fingerprint density at radius 1 is 1.57 bits per heavy atom. The lowest BCUT2D eigenvalue weighted by Crippen LogP contribution is -2.22. The number of tetrazole rings is 1. The van der Waals surface area contributed by atoms with Gasteiger partial charge < -0.3 is 10.1 Å². The van der Waals surface area contributed by atoms with Gasteiger partial charge in [-0.25, -0.2) is 4.68 Å². The molecular weight excluding hydrogens is 182 g/mol. The Bertz CT molecular complexity index is 262. The molecule has 0 fully saturated rings. The number of methoxy groups -OCH3 is 1. The van der Waals surface area contributed by atoms with Gasteiger partial charge in [-0.15, -0.1) is 5.10 Å². The molecule has 1 unspecified atom stereocenters. The summed E-state index contributed by atoms with van der Waals surface area (Å²) in [4.78, 5) is 0. The van der Waals surface area contributed by atoms with Crippen LogP contribution in [0.5, 0.6) is 0 Å². The molecule has 0 saturated carbocycles. The molecule has 1 aromatic heterocycles. The van der Waals surface area contributed by atoms with Crippen molar-refractivity contribution in [3.8, 4) is 0 Å². The first kappa shape index (κ1) is 11.1. The number of nitrogens with zero attached hydrogens (tertiary/aromatic N) is 4. The van der Waals surface area contributed by atoms with Crippen molar-refractivity contribution < 1.29 is 4.74 Å². The van der Waals surface area contributed by atoms with E-state index in [4.69, 9.17) is 4.74 Å². The van der Waals surface area contributed by atoms with E-state index in [1.165, 1.54) is 0 Å². The summed E-state index contributed by atoms with van der Waals surface area (Å²) in [6.45, 7) is 6.31.